The quantitative estimate of drug-likeness (QED) is 0.577. The molecule has 0 aromatic rings. The Morgan fingerprint density at radius 1 is 1.06 bits per heavy atom. The number of ether oxygens (including phenoxy) is 2. The highest BCUT2D eigenvalue weighted by Gasteiger charge is 2.15. The molecule has 0 saturated heterocycles. The van der Waals surface area contributed by atoms with Crippen molar-refractivity contribution >= 4 is 11.8 Å². The van der Waals surface area contributed by atoms with Crippen molar-refractivity contribution in [1.29, 1.82) is 0 Å². The zero-order valence-corrected chi connectivity index (χ0v) is 10.2. The maximum absolute atomic E-state index is 10.0. The Labute approximate surface area is 95.8 Å². The van der Waals surface area contributed by atoms with E-state index in [1.165, 1.54) is 12.2 Å². The standard InChI is InChI=1S/C7H16O2.C4H3NO2/c1-5-8-7(3,4)9-6-2;6-3-1-2-4(7)5-3/h5-6H2,1-4H3;1-2H,(H,5,6,7). The topological polar surface area (TPSA) is 64.6 Å². The maximum atomic E-state index is 10.0. The van der Waals surface area contributed by atoms with Gasteiger partial charge in [-0.2, -0.15) is 0 Å². The van der Waals surface area contributed by atoms with Crippen LogP contribution >= 0.6 is 0 Å². The van der Waals surface area contributed by atoms with Crippen molar-refractivity contribution in [1.82, 2.24) is 5.32 Å². The summed E-state index contributed by atoms with van der Waals surface area (Å²) < 4.78 is 10.5. The molecule has 0 fully saturated rings. The first-order valence-electron chi connectivity index (χ1n) is 5.22. The molecule has 0 unspecified atom stereocenters. The minimum atomic E-state index is -0.399. The minimum absolute atomic E-state index is 0.329. The van der Waals surface area contributed by atoms with Crippen molar-refractivity contribution in [3.63, 3.8) is 0 Å². The van der Waals surface area contributed by atoms with Gasteiger partial charge in [0.1, 0.15) is 0 Å². The number of rotatable bonds is 4. The SMILES string of the molecule is CCOC(C)(C)OCC.O=C1C=CC(=O)N1. The van der Waals surface area contributed by atoms with Gasteiger partial charge in [-0.15, -0.1) is 0 Å². The lowest BCUT2D eigenvalue weighted by molar-refractivity contribution is -0.207. The second-order valence-electron chi connectivity index (χ2n) is 3.45. The Hall–Kier alpha value is -1.20. The molecule has 1 rings (SSSR count). The number of hydrogen-bond donors (Lipinski definition) is 1. The van der Waals surface area contributed by atoms with Crippen molar-refractivity contribution in [3.8, 4) is 0 Å². The van der Waals surface area contributed by atoms with E-state index in [2.05, 4.69) is 0 Å². The van der Waals surface area contributed by atoms with Crippen molar-refractivity contribution in [2.24, 2.45) is 0 Å². The Morgan fingerprint density at radius 3 is 1.62 bits per heavy atom. The van der Waals surface area contributed by atoms with Gasteiger partial charge in [-0.05, 0) is 27.7 Å². The zero-order valence-electron chi connectivity index (χ0n) is 10.2. The lowest BCUT2D eigenvalue weighted by atomic mass is 10.4. The summed E-state index contributed by atoms with van der Waals surface area (Å²) in [6.45, 7) is 9.15. The fraction of sp³-hybridized carbons (Fsp3) is 0.636. The average molecular weight is 229 g/mol. The summed E-state index contributed by atoms with van der Waals surface area (Å²) in [5, 5.41) is 2.03. The summed E-state index contributed by atoms with van der Waals surface area (Å²) in [6, 6.07) is 0. The van der Waals surface area contributed by atoms with E-state index in [4.69, 9.17) is 9.47 Å². The summed E-state index contributed by atoms with van der Waals surface area (Å²) >= 11 is 0. The van der Waals surface area contributed by atoms with E-state index in [9.17, 15) is 9.59 Å². The average Bonchev–Trinajstić information content (AvgIpc) is 2.50. The molecule has 0 bridgehead atoms. The highest BCUT2D eigenvalue weighted by atomic mass is 16.7. The smallest absolute Gasteiger partial charge is 0.250 e. The molecular weight excluding hydrogens is 210 g/mol. The van der Waals surface area contributed by atoms with Gasteiger partial charge in [0.05, 0.1) is 0 Å². The number of imide groups is 1. The van der Waals surface area contributed by atoms with Crippen LogP contribution in [0.3, 0.4) is 0 Å². The second kappa shape index (κ2) is 7.14. The van der Waals surface area contributed by atoms with Crippen LogP contribution in [0.2, 0.25) is 0 Å². The molecule has 0 aromatic carbocycles. The van der Waals surface area contributed by atoms with Gasteiger partial charge < -0.3 is 9.47 Å². The van der Waals surface area contributed by atoms with Gasteiger partial charge in [-0.3, -0.25) is 14.9 Å². The zero-order chi connectivity index (χ0) is 12.6. The van der Waals surface area contributed by atoms with Crippen LogP contribution in [0.15, 0.2) is 12.2 Å². The molecular formula is C11H19NO4. The van der Waals surface area contributed by atoms with Gasteiger partial charge in [0.15, 0.2) is 5.79 Å². The third-order valence-corrected chi connectivity index (χ3v) is 1.62. The van der Waals surface area contributed by atoms with Crippen molar-refractivity contribution in [2.45, 2.75) is 33.5 Å². The van der Waals surface area contributed by atoms with E-state index in [0.717, 1.165) is 0 Å². The lowest BCUT2D eigenvalue weighted by Crippen LogP contribution is -2.28. The Morgan fingerprint density at radius 2 is 1.44 bits per heavy atom. The first kappa shape index (κ1) is 14.8. The van der Waals surface area contributed by atoms with Gasteiger partial charge in [-0.25, -0.2) is 0 Å². The maximum Gasteiger partial charge on any atom is 0.250 e. The predicted octanol–water partition coefficient (Wildman–Crippen LogP) is 0.994. The molecule has 5 nitrogen and oxygen atoms in total. The summed E-state index contributed by atoms with van der Waals surface area (Å²) in [5.74, 6) is -1.06. The highest BCUT2D eigenvalue weighted by Crippen LogP contribution is 2.09. The summed E-state index contributed by atoms with van der Waals surface area (Å²) in [5.41, 5.74) is 0. The molecule has 1 aliphatic heterocycles. The summed E-state index contributed by atoms with van der Waals surface area (Å²) in [4.78, 5) is 20.1. The summed E-state index contributed by atoms with van der Waals surface area (Å²) in [6.07, 6.45) is 2.39. The van der Waals surface area contributed by atoms with E-state index in [0.29, 0.717) is 13.2 Å². The van der Waals surface area contributed by atoms with Crippen LogP contribution < -0.4 is 5.32 Å². The second-order valence-corrected chi connectivity index (χ2v) is 3.45. The molecule has 0 radical (unpaired) electrons. The Balaban J connectivity index is 0.000000288. The summed E-state index contributed by atoms with van der Waals surface area (Å²) in [7, 11) is 0. The van der Waals surface area contributed by atoms with E-state index < -0.39 is 5.79 Å². The van der Waals surface area contributed by atoms with Gasteiger partial charge in [0, 0.05) is 25.4 Å². The molecule has 5 heteroatoms. The third-order valence-electron chi connectivity index (χ3n) is 1.62. The van der Waals surface area contributed by atoms with Crippen LogP contribution in [0, 0.1) is 0 Å². The Bertz CT molecular complexity index is 247. The molecule has 0 aliphatic carbocycles. The largest absolute Gasteiger partial charge is 0.351 e. The van der Waals surface area contributed by atoms with E-state index in [-0.39, 0.29) is 11.8 Å². The number of amides is 2. The molecule has 16 heavy (non-hydrogen) atoms. The van der Waals surface area contributed by atoms with E-state index in [1.54, 1.807) is 0 Å². The molecule has 0 saturated carbocycles. The van der Waals surface area contributed by atoms with Gasteiger partial charge in [-0.1, -0.05) is 0 Å². The first-order valence-corrected chi connectivity index (χ1v) is 5.22. The number of carbonyl (C=O) groups excluding carboxylic acids is 2. The molecule has 1 heterocycles. The van der Waals surface area contributed by atoms with Crippen LogP contribution in [0.1, 0.15) is 27.7 Å². The van der Waals surface area contributed by atoms with Gasteiger partial charge in [0.25, 0.3) is 11.8 Å². The van der Waals surface area contributed by atoms with Crippen LogP contribution in [0.4, 0.5) is 0 Å². The number of carbonyl (C=O) groups is 2. The lowest BCUT2D eigenvalue weighted by Gasteiger charge is -2.23. The third kappa shape index (κ3) is 7.14. The highest BCUT2D eigenvalue weighted by molar-refractivity contribution is 6.12. The van der Waals surface area contributed by atoms with E-state index >= 15 is 0 Å². The Kier molecular flexibility index (Phi) is 6.60. The van der Waals surface area contributed by atoms with Gasteiger partial charge in [0.2, 0.25) is 0 Å². The van der Waals surface area contributed by atoms with E-state index in [1.807, 2.05) is 33.0 Å². The van der Waals surface area contributed by atoms with Crippen molar-refractivity contribution in [3.05, 3.63) is 12.2 Å². The molecule has 1 aliphatic rings. The fourth-order valence-corrected chi connectivity index (χ4v) is 1.09. The monoisotopic (exact) mass is 229 g/mol. The van der Waals surface area contributed by atoms with Crippen LogP contribution in [0.25, 0.3) is 0 Å². The molecule has 1 N–H and O–H groups in total. The molecule has 92 valence electrons. The first-order chi connectivity index (χ1) is 7.41. The van der Waals surface area contributed by atoms with Crippen LogP contribution in [-0.4, -0.2) is 30.8 Å². The molecule has 0 atom stereocenters. The van der Waals surface area contributed by atoms with Gasteiger partial charge >= 0.3 is 0 Å². The fourth-order valence-electron chi connectivity index (χ4n) is 1.09. The molecule has 2 amide bonds. The molecule has 0 aromatic heterocycles. The normalized spacial score (nSPS) is 14.5. The van der Waals surface area contributed by atoms with Crippen molar-refractivity contribution in [2.75, 3.05) is 13.2 Å². The molecule has 0 spiro atoms. The van der Waals surface area contributed by atoms with Crippen molar-refractivity contribution < 1.29 is 19.1 Å². The minimum Gasteiger partial charge on any atom is -0.351 e. The van der Waals surface area contributed by atoms with Crippen LogP contribution in [0.5, 0.6) is 0 Å². The predicted molar refractivity (Wildman–Crippen MR) is 59.6 cm³/mol. The number of hydrogen-bond acceptors (Lipinski definition) is 4. The van der Waals surface area contributed by atoms with Crippen LogP contribution in [-0.2, 0) is 19.1 Å². The number of nitrogens with one attached hydrogen (secondary N) is 1.